The predicted octanol–water partition coefficient (Wildman–Crippen LogP) is 2.87. The van der Waals surface area contributed by atoms with Gasteiger partial charge in [0.15, 0.2) is 0 Å². The summed E-state index contributed by atoms with van der Waals surface area (Å²) in [6.45, 7) is 0.833. The van der Waals surface area contributed by atoms with E-state index in [9.17, 15) is 18.0 Å². The van der Waals surface area contributed by atoms with Crippen LogP contribution in [0.15, 0.2) is 52.9 Å². The van der Waals surface area contributed by atoms with Crippen molar-refractivity contribution in [3.8, 4) is 0 Å². The van der Waals surface area contributed by atoms with E-state index in [-0.39, 0.29) is 17.7 Å². The van der Waals surface area contributed by atoms with Crippen LogP contribution in [0.25, 0.3) is 10.9 Å². The third-order valence-electron chi connectivity index (χ3n) is 5.70. The van der Waals surface area contributed by atoms with Gasteiger partial charge in [0.25, 0.3) is 15.9 Å². The molecule has 2 aromatic carbocycles. The van der Waals surface area contributed by atoms with E-state index in [2.05, 4.69) is 14.7 Å². The number of anilines is 1. The number of nitrogens with zero attached hydrogens (tertiary/aromatic N) is 3. The summed E-state index contributed by atoms with van der Waals surface area (Å²) in [7, 11) is -0.134. The van der Waals surface area contributed by atoms with E-state index in [1.54, 1.807) is 66.4 Å². The number of H-pyrrole nitrogens is 1. The average molecular weight is 516 g/mol. The molecule has 35 heavy (non-hydrogen) atoms. The monoisotopic (exact) mass is 515 g/mol. The number of halogens is 1. The van der Waals surface area contributed by atoms with Crippen LogP contribution in [0.1, 0.15) is 22.5 Å². The first-order chi connectivity index (χ1) is 16.5. The van der Waals surface area contributed by atoms with Crippen molar-refractivity contribution in [1.82, 2.24) is 15.2 Å². The summed E-state index contributed by atoms with van der Waals surface area (Å²) in [5.41, 5.74) is 2.55. The maximum atomic E-state index is 12.6. The second kappa shape index (κ2) is 9.71. The lowest BCUT2D eigenvalue weighted by molar-refractivity contribution is -0.117. The van der Waals surface area contributed by atoms with Gasteiger partial charge < -0.3 is 20.1 Å². The fourth-order valence-electron chi connectivity index (χ4n) is 4.06. The maximum Gasteiger partial charge on any atom is 0.267 e. The maximum absolute atomic E-state index is 12.6. The molecular weight excluding hydrogens is 490 g/mol. The second-order valence-corrected chi connectivity index (χ2v) is 10.9. The van der Waals surface area contributed by atoms with E-state index < -0.39 is 10.0 Å². The van der Waals surface area contributed by atoms with Gasteiger partial charge in [-0.2, -0.15) is 0 Å². The molecule has 2 amide bonds. The SMILES string of the molecule is CN(C)C(=NS(C)(=O)=O)c1ccc(N2CC(CNC(=O)c3cc4ccc(Cl)cc4[nH]3)CC2=O)cc1. The molecule has 0 radical (unpaired) electrons. The number of hydrogen-bond donors (Lipinski definition) is 2. The van der Waals surface area contributed by atoms with Crippen molar-refractivity contribution < 1.29 is 18.0 Å². The summed E-state index contributed by atoms with van der Waals surface area (Å²) in [6, 6.07) is 14.2. The van der Waals surface area contributed by atoms with Gasteiger partial charge in [0.2, 0.25) is 5.91 Å². The van der Waals surface area contributed by atoms with Crippen LogP contribution in [0.2, 0.25) is 5.02 Å². The molecule has 2 heterocycles. The topological polar surface area (TPSA) is 115 Å². The molecule has 11 heteroatoms. The Morgan fingerprint density at radius 2 is 1.91 bits per heavy atom. The molecule has 1 unspecified atom stereocenters. The molecule has 1 aliphatic rings. The van der Waals surface area contributed by atoms with Crippen molar-refractivity contribution in [3.05, 3.63) is 64.8 Å². The highest BCUT2D eigenvalue weighted by atomic mass is 35.5. The van der Waals surface area contributed by atoms with Crippen molar-refractivity contribution in [1.29, 1.82) is 0 Å². The van der Waals surface area contributed by atoms with Gasteiger partial charge in [-0.05, 0) is 42.5 Å². The minimum Gasteiger partial charge on any atom is -0.362 e. The van der Waals surface area contributed by atoms with Crippen LogP contribution in [-0.4, -0.2) is 69.4 Å². The minimum atomic E-state index is -3.56. The molecule has 1 fully saturated rings. The Bertz CT molecular complexity index is 1410. The highest BCUT2D eigenvalue weighted by molar-refractivity contribution is 7.89. The molecule has 1 saturated heterocycles. The van der Waals surface area contributed by atoms with Crippen molar-refractivity contribution in [2.45, 2.75) is 6.42 Å². The van der Waals surface area contributed by atoms with Gasteiger partial charge in [0.05, 0.1) is 6.26 Å². The van der Waals surface area contributed by atoms with Crippen LogP contribution in [0.5, 0.6) is 0 Å². The van der Waals surface area contributed by atoms with Crippen LogP contribution < -0.4 is 10.2 Å². The van der Waals surface area contributed by atoms with E-state index in [0.29, 0.717) is 47.3 Å². The Morgan fingerprint density at radius 3 is 2.57 bits per heavy atom. The fourth-order valence-corrected chi connectivity index (χ4v) is 4.82. The molecule has 0 spiro atoms. The fraction of sp³-hybridized carbons (Fsp3) is 0.292. The number of rotatable bonds is 6. The van der Waals surface area contributed by atoms with Crippen molar-refractivity contribution in [2.75, 3.05) is 38.3 Å². The smallest absolute Gasteiger partial charge is 0.267 e. The van der Waals surface area contributed by atoms with Gasteiger partial charge in [-0.25, -0.2) is 8.42 Å². The molecule has 1 aliphatic heterocycles. The largest absolute Gasteiger partial charge is 0.362 e. The highest BCUT2D eigenvalue weighted by Gasteiger charge is 2.31. The number of amidine groups is 1. The molecule has 0 saturated carbocycles. The zero-order chi connectivity index (χ0) is 25.3. The number of sulfonamides is 1. The summed E-state index contributed by atoms with van der Waals surface area (Å²) >= 11 is 6.01. The number of carbonyl (C=O) groups excluding carboxylic acids is 2. The Labute approximate surface area is 208 Å². The van der Waals surface area contributed by atoms with Crippen molar-refractivity contribution in [3.63, 3.8) is 0 Å². The number of benzene rings is 2. The van der Waals surface area contributed by atoms with Gasteiger partial charge in [-0.1, -0.05) is 17.7 Å². The number of aromatic amines is 1. The molecule has 4 rings (SSSR count). The van der Waals surface area contributed by atoms with Crippen molar-refractivity contribution in [2.24, 2.45) is 10.3 Å². The van der Waals surface area contributed by atoms with E-state index in [1.807, 2.05) is 6.07 Å². The molecule has 0 aliphatic carbocycles. The number of aromatic nitrogens is 1. The Hall–Kier alpha value is -3.37. The number of fused-ring (bicyclic) bond motifs is 1. The molecule has 1 atom stereocenters. The van der Waals surface area contributed by atoms with Crippen LogP contribution >= 0.6 is 11.6 Å². The average Bonchev–Trinajstić information content (AvgIpc) is 3.38. The van der Waals surface area contributed by atoms with E-state index in [1.165, 1.54) is 0 Å². The summed E-state index contributed by atoms with van der Waals surface area (Å²) in [6.07, 6.45) is 1.36. The van der Waals surface area contributed by atoms with Gasteiger partial charge in [-0.15, -0.1) is 4.40 Å². The van der Waals surface area contributed by atoms with E-state index in [4.69, 9.17) is 11.6 Å². The quantitative estimate of drug-likeness (QED) is 0.387. The van der Waals surface area contributed by atoms with E-state index in [0.717, 1.165) is 17.2 Å². The Balaban J connectivity index is 1.40. The molecule has 1 aromatic heterocycles. The first kappa shape index (κ1) is 24.7. The molecule has 0 bridgehead atoms. The Morgan fingerprint density at radius 1 is 1.20 bits per heavy atom. The third kappa shape index (κ3) is 5.83. The standard InChI is InChI=1S/C24H26ClN5O4S/c1-29(2)23(28-35(3,33)34)16-5-8-19(9-6-16)30-14-15(10-22(30)31)13-26-24(32)21-11-17-4-7-18(25)12-20(17)27-21/h4-9,11-12,15,27H,10,13-14H2,1-3H3,(H,26,32). The van der Waals surface area contributed by atoms with Gasteiger partial charge in [0, 0.05) is 66.7 Å². The van der Waals surface area contributed by atoms with Gasteiger partial charge in [0.1, 0.15) is 11.5 Å². The van der Waals surface area contributed by atoms with Crippen LogP contribution in [-0.2, 0) is 14.8 Å². The number of nitrogens with one attached hydrogen (secondary N) is 2. The first-order valence-electron chi connectivity index (χ1n) is 10.9. The zero-order valence-corrected chi connectivity index (χ0v) is 21.2. The zero-order valence-electron chi connectivity index (χ0n) is 19.6. The second-order valence-electron chi connectivity index (χ2n) is 8.79. The normalized spacial score (nSPS) is 16.7. The lowest BCUT2D eigenvalue weighted by Crippen LogP contribution is -2.31. The molecule has 3 aromatic rings. The summed E-state index contributed by atoms with van der Waals surface area (Å²) in [4.78, 5) is 31.6. The van der Waals surface area contributed by atoms with Crippen LogP contribution in [0.3, 0.4) is 0 Å². The third-order valence-corrected chi connectivity index (χ3v) is 6.44. The highest BCUT2D eigenvalue weighted by Crippen LogP contribution is 2.26. The Kier molecular flexibility index (Phi) is 6.86. The summed E-state index contributed by atoms with van der Waals surface area (Å²) < 4.78 is 27.1. The summed E-state index contributed by atoms with van der Waals surface area (Å²) in [5, 5.41) is 4.39. The van der Waals surface area contributed by atoms with Crippen LogP contribution in [0, 0.1) is 5.92 Å². The van der Waals surface area contributed by atoms with Gasteiger partial charge >= 0.3 is 0 Å². The molecule has 2 N–H and O–H groups in total. The number of carbonyl (C=O) groups is 2. The summed E-state index contributed by atoms with van der Waals surface area (Å²) in [5.74, 6) is 0.00422. The predicted molar refractivity (Wildman–Crippen MR) is 138 cm³/mol. The van der Waals surface area contributed by atoms with Crippen molar-refractivity contribution >= 4 is 55.9 Å². The van der Waals surface area contributed by atoms with E-state index >= 15 is 0 Å². The lowest BCUT2D eigenvalue weighted by Gasteiger charge is -2.19. The minimum absolute atomic E-state index is 0.0325. The number of hydrogen-bond acceptors (Lipinski definition) is 4. The molecular formula is C24H26ClN5O4S. The molecule has 184 valence electrons. The first-order valence-corrected chi connectivity index (χ1v) is 13.2. The molecule has 9 nitrogen and oxygen atoms in total. The van der Waals surface area contributed by atoms with Gasteiger partial charge in [-0.3, -0.25) is 9.59 Å². The van der Waals surface area contributed by atoms with Crippen LogP contribution in [0.4, 0.5) is 5.69 Å². The lowest BCUT2D eigenvalue weighted by atomic mass is 10.1. The number of amides is 2.